The minimum Gasteiger partial charge on any atom is -0.322 e. The van der Waals surface area contributed by atoms with Crippen molar-refractivity contribution in [3.8, 4) is 16.9 Å². The number of benzene rings is 2. The Bertz CT molecular complexity index is 1060. The van der Waals surface area contributed by atoms with E-state index in [1.165, 1.54) is 0 Å². The van der Waals surface area contributed by atoms with Gasteiger partial charge < -0.3 is 5.32 Å². The molecule has 0 radical (unpaired) electrons. The Morgan fingerprint density at radius 2 is 1.63 bits per heavy atom. The number of aromatic nitrogens is 3. The Morgan fingerprint density at radius 3 is 2.33 bits per heavy atom. The summed E-state index contributed by atoms with van der Waals surface area (Å²) in [6, 6.07) is 20.3. The summed E-state index contributed by atoms with van der Waals surface area (Å²) in [6.45, 7) is 0. The Kier molecular flexibility index (Phi) is 4.68. The number of amides is 1. The van der Waals surface area contributed by atoms with Crippen molar-refractivity contribution in [3.63, 3.8) is 0 Å². The zero-order chi connectivity index (χ0) is 18.6. The second-order valence-electron chi connectivity index (χ2n) is 5.87. The molecule has 0 aliphatic carbocycles. The molecule has 0 unspecified atom stereocenters. The van der Waals surface area contributed by atoms with Crippen LogP contribution < -0.4 is 5.32 Å². The fraction of sp³-hybridized carbons (Fsp3) is 0. The molecule has 1 amide bonds. The molecule has 0 bridgehead atoms. The van der Waals surface area contributed by atoms with Crippen molar-refractivity contribution in [1.29, 1.82) is 0 Å². The molecule has 0 fully saturated rings. The summed E-state index contributed by atoms with van der Waals surface area (Å²) >= 11 is 5.91. The maximum atomic E-state index is 12.9. The number of nitrogens with zero attached hydrogens (tertiary/aromatic N) is 3. The quantitative estimate of drug-likeness (QED) is 0.556. The molecule has 1 N–H and O–H groups in total. The van der Waals surface area contributed by atoms with Crippen molar-refractivity contribution in [1.82, 2.24) is 14.8 Å². The van der Waals surface area contributed by atoms with Crippen molar-refractivity contribution < 1.29 is 4.79 Å². The van der Waals surface area contributed by atoms with Crippen molar-refractivity contribution in [2.45, 2.75) is 0 Å². The third-order valence-electron chi connectivity index (χ3n) is 4.04. The van der Waals surface area contributed by atoms with Gasteiger partial charge >= 0.3 is 0 Å². The fourth-order valence-electron chi connectivity index (χ4n) is 2.71. The van der Waals surface area contributed by atoms with Crippen LogP contribution in [0.2, 0.25) is 5.02 Å². The zero-order valence-electron chi connectivity index (χ0n) is 14.2. The lowest BCUT2D eigenvalue weighted by molar-refractivity contribution is 0.102. The van der Waals surface area contributed by atoms with Gasteiger partial charge in [0.2, 0.25) is 0 Å². The van der Waals surface area contributed by atoms with Gasteiger partial charge in [-0.05, 0) is 48.5 Å². The van der Waals surface area contributed by atoms with Gasteiger partial charge in [-0.2, -0.15) is 5.10 Å². The zero-order valence-corrected chi connectivity index (χ0v) is 15.0. The Labute approximate surface area is 161 Å². The molecule has 2 aromatic carbocycles. The highest BCUT2D eigenvalue weighted by atomic mass is 35.5. The number of anilines is 1. The third kappa shape index (κ3) is 3.73. The summed E-state index contributed by atoms with van der Waals surface area (Å²) in [5, 5.41) is 8.14. The fourth-order valence-corrected chi connectivity index (χ4v) is 2.83. The number of hydrogen-bond donors (Lipinski definition) is 1. The van der Waals surface area contributed by atoms with Gasteiger partial charge in [0.05, 0.1) is 11.3 Å². The van der Waals surface area contributed by atoms with Gasteiger partial charge in [-0.15, -0.1) is 0 Å². The van der Waals surface area contributed by atoms with Gasteiger partial charge in [-0.25, -0.2) is 4.68 Å². The standard InChI is InChI=1S/C21H15ClN4O/c22-16-6-8-17(9-7-16)24-21(27)19-14-26(18-4-2-1-3-5-18)25-20(19)15-10-12-23-13-11-15/h1-14H,(H,24,27). The molecular weight excluding hydrogens is 360 g/mol. The summed E-state index contributed by atoms with van der Waals surface area (Å²) in [5.41, 5.74) is 3.42. The van der Waals surface area contributed by atoms with Crippen LogP contribution in [0.5, 0.6) is 0 Å². The van der Waals surface area contributed by atoms with Crippen LogP contribution in [0.1, 0.15) is 10.4 Å². The van der Waals surface area contributed by atoms with E-state index in [4.69, 9.17) is 11.6 Å². The lowest BCUT2D eigenvalue weighted by Crippen LogP contribution is -2.12. The molecule has 132 valence electrons. The molecule has 27 heavy (non-hydrogen) atoms. The Balaban J connectivity index is 1.74. The molecule has 2 aromatic heterocycles. The second-order valence-corrected chi connectivity index (χ2v) is 6.30. The molecule has 5 nitrogen and oxygen atoms in total. The van der Waals surface area contributed by atoms with Gasteiger partial charge in [-0.1, -0.05) is 29.8 Å². The molecule has 0 aliphatic heterocycles. The van der Waals surface area contributed by atoms with E-state index >= 15 is 0 Å². The highest BCUT2D eigenvalue weighted by molar-refractivity contribution is 6.30. The average Bonchev–Trinajstić information content (AvgIpc) is 3.17. The summed E-state index contributed by atoms with van der Waals surface area (Å²) in [4.78, 5) is 17.0. The highest BCUT2D eigenvalue weighted by Gasteiger charge is 2.19. The van der Waals surface area contributed by atoms with Crippen LogP contribution in [-0.2, 0) is 0 Å². The van der Waals surface area contributed by atoms with Crippen molar-refractivity contribution >= 4 is 23.2 Å². The number of para-hydroxylation sites is 1. The van der Waals surface area contributed by atoms with Gasteiger partial charge in [0, 0.05) is 34.9 Å². The number of halogens is 1. The number of pyridine rings is 1. The number of rotatable bonds is 4. The van der Waals surface area contributed by atoms with E-state index in [1.54, 1.807) is 47.5 Å². The summed E-state index contributed by atoms with van der Waals surface area (Å²) < 4.78 is 1.70. The van der Waals surface area contributed by atoms with Gasteiger partial charge in [0.25, 0.3) is 5.91 Å². The molecular formula is C21H15ClN4O. The van der Waals surface area contributed by atoms with Gasteiger partial charge in [-0.3, -0.25) is 9.78 Å². The smallest absolute Gasteiger partial charge is 0.259 e. The lowest BCUT2D eigenvalue weighted by atomic mass is 10.1. The highest BCUT2D eigenvalue weighted by Crippen LogP contribution is 2.24. The van der Waals surface area contributed by atoms with Crippen LogP contribution in [0.25, 0.3) is 16.9 Å². The van der Waals surface area contributed by atoms with Crippen LogP contribution in [0.3, 0.4) is 0 Å². The van der Waals surface area contributed by atoms with Crippen LogP contribution in [0.15, 0.2) is 85.3 Å². The lowest BCUT2D eigenvalue weighted by Gasteiger charge is -2.05. The number of hydrogen-bond acceptors (Lipinski definition) is 3. The molecule has 4 aromatic rings. The summed E-state index contributed by atoms with van der Waals surface area (Å²) in [7, 11) is 0. The summed E-state index contributed by atoms with van der Waals surface area (Å²) in [5.74, 6) is -0.244. The first-order valence-electron chi connectivity index (χ1n) is 8.33. The maximum Gasteiger partial charge on any atom is 0.259 e. The SMILES string of the molecule is O=C(Nc1ccc(Cl)cc1)c1cn(-c2ccccc2)nc1-c1ccncc1. The first-order valence-corrected chi connectivity index (χ1v) is 8.71. The number of carbonyl (C=O) groups is 1. The third-order valence-corrected chi connectivity index (χ3v) is 4.29. The van der Waals surface area contributed by atoms with E-state index in [9.17, 15) is 4.79 Å². The molecule has 4 rings (SSSR count). The van der Waals surface area contributed by atoms with Gasteiger partial charge in [0.15, 0.2) is 0 Å². The maximum absolute atomic E-state index is 12.9. The van der Waals surface area contributed by atoms with E-state index in [0.29, 0.717) is 22.0 Å². The molecule has 0 aliphatic rings. The summed E-state index contributed by atoms with van der Waals surface area (Å²) in [6.07, 6.45) is 5.09. The Morgan fingerprint density at radius 1 is 0.926 bits per heavy atom. The first-order chi connectivity index (χ1) is 13.2. The normalized spacial score (nSPS) is 10.6. The second kappa shape index (κ2) is 7.43. The van der Waals surface area contributed by atoms with Crippen LogP contribution >= 0.6 is 11.6 Å². The predicted octanol–water partition coefficient (Wildman–Crippen LogP) is 4.84. The topological polar surface area (TPSA) is 59.8 Å². The van der Waals surface area contributed by atoms with E-state index in [-0.39, 0.29) is 5.91 Å². The van der Waals surface area contributed by atoms with Crippen LogP contribution in [0, 0.1) is 0 Å². The number of carbonyl (C=O) groups excluding carboxylic acids is 1. The minimum absolute atomic E-state index is 0.244. The molecule has 0 spiro atoms. The van der Waals surface area contributed by atoms with Crippen molar-refractivity contribution in [3.05, 3.63) is 95.9 Å². The predicted molar refractivity (Wildman–Crippen MR) is 106 cm³/mol. The molecule has 2 heterocycles. The minimum atomic E-state index is -0.244. The van der Waals surface area contributed by atoms with Crippen molar-refractivity contribution in [2.75, 3.05) is 5.32 Å². The van der Waals surface area contributed by atoms with E-state index < -0.39 is 0 Å². The van der Waals surface area contributed by atoms with E-state index in [0.717, 1.165) is 11.3 Å². The Hall–Kier alpha value is -3.44. The van der Waals surface area contributed by atoms with Crippen LogP contribution in [-0.4, -0.2) is 20.7 Å². The van der Waals surface area contributed by atoms with Crippen LogP contribution in [0.4, 0.5) is 5.69 Å². The largest absolute Gasteiger partial charge is 0.322 e. The molecule has 6 heteroatoms. The molecule has 0 saturated heterocycles. The first kappa shape index (κ1) is 17.0. The average molecular weight is 375 g/mol. The van der Waals surface area contributed by atoms with Crippen molar-refractivity contribution in [2.24, 2.45) is 0 Å². The molecule has 0 saturated carbocycles. The number of nitrogens with one attached hydrogen (secondary N) is 1. The van der Waals surface area contributed by atoms with E-state index in [2.05, 4.69) is 15.4 Å². The monoisotopic (exact) mass is 374 g/mol. The van der Waals surface area contributed by atoms with E-state index in [1.807, 2.05) is 42.5 Å². The van der Waals surface area contributed by atoms with Gasteiger partial charge in [0.1, 0.15) is 5.69 Å². The molecule has 0 atom stereocenters.